The maximum absolute atomic E-state index is 13.2. The van der Waals surface area contributed by atoms with Crippen LogP contribution in [0.2, 0.25) is 0 Å². The van der Waals surface area contributed by atoms with Crippen LogP contribution in [-0.4, -0.2) is 5.54 Å². The Labute approximate surface area is 123 Å². The van der Waals surface area contributed by atoms with Gasteiger partial charge in [-0.05, 0) is 37.5 Å². The van der Waals surface area contributed by atoms with Crippen LogP contribution in [0.5, 0.6) is 0 Å². The Balaban J connectivity index is 2.21. The Morgan fingerprint density at radius 3 is 2.35 bits per heavy atom. The van der Waals surface area contributed by atoms with E-state index in [1.807, 2.05) is 6.07 Å². The SMILES string of the molecule is CCCCCCCCCC(C)(N)Cc1cccc(F)c1. The van der Waals surface area contributed by atoms with Gasteiger partial charge in [0.2, 0.25) is 0 Å². The lowest BCUT2D eigenvalue weighted by Gasteiger charge is -2.24. The lowest BCUT2D eigenvalue weighted by atomic mass is 9.88. The van der Waals surface area contributed by atoms with Gasteiger partial charge in [-0.1, -0.05) is 64.0 Å². The van der Waals surface area contributed by atoms with Crippen molar-refractivity contribution in [3.8, 4) is 0 Å². The van der Waals surface area contributed by atoms with Crippen LogP contribution in [0.15, 0.2) is 24.3 Å². The van der Waals surface area contributed by atoms with Crippen molar-refractivity contribution in [2.45, 2.75) is 77.2 Å². The van der Waals surface area contributed by atoms with Crippen molar-refractivity contribution in [3.05, 3.63) is 35.6 Å². The average Bonchev–Trinajstić information content (AvgIpc) is 2.37. The van der Waals surface area contributed by atoms with Crippen molar-refractivity contribution in [1.29, 1.82) is 0 Å². The van der Waals surface area contributed by atoms with E-state index in [2.05, 4.69) is 13.8 Å². The van der Waals surface area contributed by atoms with Gasteiger partial charge in [-0.3, -0.25) is 0 Å². The summed E-state index contributed by atoms with van der Waals surface area (Å²) < 4.78 is 13.2. The molecule has 0 aliphatic heterocycles. The molecular weight excluding hydrogens is 249 g/mol. The van der Waals surface area contributed by atoms with Crippen molar-refractivity contribution in [2.24, 2.45) is 5.73 Å². The van der Waals surface area contributed by atoms with Gasteiger partial charge in [0.15, 0.2) is 0 Å². The molecular formula is C18H30FN. The van der Waals surface area contributed by atoms with E-state index in [1.165, 1.54) is 51.0 Å². The largest absolute Gasteiger partial charge is 0.325 e. The highest BCUT2D eigenvalue weighted by atomic mass is 19.1. The van der Waals surface area contributed by atoms with Crippen LogP contribution in [-0.2, 0) is 6.42 Å². The molecule has 0 aliphatic rings. The minimum absolute atomic E-state index is 0.172. The number of halogens is 1. The fraction of sp³-hybridized carbons (Fsp3) is 0.667. The van der Waals surface area contributed by atoms with Crippen LogP contribution >= 0.6 is 0 Å². The maximum Gasteiger partial charge on any atom is 0.123 e. The predicted octanol–water partition coefficient (Wildman–Crippen LogP) is 5.23. The molecule has 0 aromatic heterocycles. The zero-order valence-electron chi connectivity index (χ0n) is 13.1. The monoisotopic (exact) mass is 279 g/mol. The van der Waals surface area contributed by atoms with Gasteiger partial charge < -0.3 is 5.73 Å². The summed E-state index contributed by atoms with van der Waals surface area (Å²) in [6.07, 6.45) is 10.9. The van der Waals surface area contributed by atoms with Crippen LogP contribution in [0.4, 0.5) is 4.39 Å². The molecule has 2 heteroatoms. The lowest BCUT2D eigenvalue weighted by Crippen LogP contribution is -2.38. The van der Waals surface area contributed by atoms with Crippen molar-refractivity contribution in [1.82, 2.24) is 0 Å². The second-order valence-corrected chi connectivity index (χ2v) is 6.33. The molecule has 0 radical (unpaired) electrons. The summed E-state index contributed by atoms with van der Waals surface area (Å²) in [5.41, 5.74) is 7.11. The number of rotatable bonds is 10. The summed E-state index contributed by atoms with van der Waals surface area (Å²) in [5, 5.41) is 0. The standard InChI is InChI=1S/C18H30FN/c1-3-4-5-6-7-8-9-13-18(2,20)15-16-11-10-12-17(19)14-16/h10-12,14H,3-9,13,15,20H2,1-2H3. The number of hydrogen-bond donors (Lipinski definition) is 1. The predicted molar refractivity (Wildman–Crippen MR) is 85.3 cm³/mol. The molecule has 1 rings (SSSR count). The van der Waals surface area contributed by atoms with Crippen LogP contribution in [0.25, 0.3) is 0 Å². The first-order chi connectivity index (χ1) is 9.53. The molecule has 1 aromatic rings. The molecule has 20 heavy (non-hydrogen) atoms. The third-order valence-electron chi connectivity index (χ3n) is 3.85. The summed E-state index contributed by atoms with van der Waals surface area (Å²) in [6, 6.07) is 6.79. The van der Waals surface area contributed by atoms with Gasteiger partial charge in [0.1, 0.15) is 5.82 Å². The number of hydrogen-bond acceptors (Lipinski definition) is 1. The molecule has 1 atom stereocenters. The summed E-state index contributed by atoms with van der Waals surface area (Å²) in [7, 11) is 0. The van der Waals surface area contributed by atoms with Crippen molar-refractivity contribution in [2.75, 3.05) is 0 Å². The van der Waals surface area contributed by atoms with Crippen molar-refractivity contribution in [3.63, 3.8) is 0 Å². The van der Waals surface area contributed by atoms with Gasteiger partial charge in [-0.15, -0.1) is 0 Å². The summed E-state index contributed by atoms with van der Waals surface area (Å²) in [4.78, 5) is 0. The molecule has 0 fully saturated rings. The van der Waals surface area contributed by atoms with Crippen molar-refractivity contribution < 1.29 is 4.39 Å². The fourth-order valence-electron chi connectivity index (χ4n) is 2.69. The maximum atomic E-state index is 13.2. The molecule has 0 bridgehead atoms. The zero-order valence-corrected chi connectivity index (χ0v) is 13.1. The first kappa shape index (κ1) is 17.2. The van der Waals surface area contributed by atoms with E-state index in [-0.39, 0.29) is 11.4 Å². The lowest BCUT2D eigenvalue weighted by molar-refractivity contribution is 0.403. The Morgan fingerprint density at radius 2 is 1.70 bits per heavy atom. The van der Waals surface area contributed by atoms with Gasteiger partial charge in [0, 0.05) is 5.54 Å². The van der Waals surface area contributed by atoms with E-state index in [4.69, 9.17) is 5.73 Å². The Bertz CT molecular complexity index is 373. The first-order valence-corrected chi connectivity index (χ1v) is 8.07. The summed E-state index contributed by atoms with van der Waals surface area (Å²) >= 11 is 0. The molecule has 0 amide bonds. The highest BCUT2D eigenvalue weighted by Gasteiger charge is 2.18. The van der Waals surface area contributed by atoms with E-state index in [1.54, 1.807) is 12.1 Å². The quantitative estimate of drug-likeness (QED) is 0.583. The third-order valence-corrected chi connectivity index (χ3v) is 3.85. The topological polar surface area (TPSA) is 26.0 Å². The average molecular weight is 279 g/mol. The normalized spacial score (nSPS) is 14.2. The fourth-order valence-corrected chi connectivity index (χ4v) is 2.69. The Hall–Kier alpha value is -0.890. The number of nitrogens with two attached hydrogens (primary N) is 1. The van der Waals surface area contributed by atoms with Gasteiger partial charge >= 0.3 is 0 Å². The van der Waals surface area contributed by atoms with Gasteiger partial charge in [0.05, 0.1) is 0 Å². The van der Waals surface area contributed by atoms with Gasteiger partial charge in [-0.25, -0.2) is 4.39 Å². The number of unbranched alkanes of at least 4 members (excludes halogenated alkanes) is 6. The third kappa shape index (κ3) is 7.64. The zero-order chi connectivity index (χ0) is 14.8. The minimum atomic E-state index is -0.225. The summed E-state index contributed by atoms with van der Waals surface area (Å²) in [6.45, 7) is 4.32. The minimum Gasteiger partial charge on any atom is -0.325 e. The van der Waals surface area contributed by atoms with E-state index in [0.717, 1.165) is 18.4 Å². The second kappa shape index (κ2) is 9.12. The van der Waals surface area contributed by atoms with Crippen LogP contribution in [0, 0.1) is 5.82 Å². The van der Waals surface area contributed by atoms with Crippen LogP contribution in [0.1, 0.15) is 70.8 Å². The molecule has 0 spiro atoms. The number of benzene rings is 1. The molecule has 0 saturated carbocycles. The van der Waals surface area contributed by atoms with Crippen LogP contribution < -0.4 is 5.73 Å². The van der Waals surface area contributed by atoms with E-state index >= 15 is 0 Å². The highest BCUT2D eigenvalue weighted by Crippen LogP contribution is 2.19. The smallest absolute Gasteiger partial charge is 0.123 e. The molecule has 0 aliphatic carbocycles. The Morgan fingerprint density at radius 1 is 1.05 bits per heavy atom. The first-order valence-electron chi connectivity index (χ1n) is 8.07. The van der Waals surface area contributed by atoms with Gasteiger partial charge in [0.25, 0.3) is 0 Å². The van der Waals surface area contributed by atoms with Gasteiger partial charge in [-0.2, -0.15) is 0 Å². The van der Waals surface area contributed by atoms with Crippen LogP contribution in [0.3, 0.4) is 0 Å². The molecule has 1 unspecified atom stereocenters. The molecule has 0 saturated heterocycles. The Kier molecular flexibility index (Phi) is 7.83. The molecule has 114 valence electrons. The van der Waals surface area contributed by atoms with E-state index < -0.39 is 0 Å². The molecule has 1 nitrogen and oxygen atoms in total. The molecule has 0 heterocycles. The van der Waals surface area contributed by atoms with E-state index in [0.29, 0.717) is 0 Å². The molecule has 2 N–H and O–H groups in total. The van der Waals surface area contributed by atoms with E-state index in [9.17, 15) is 4.39 Å². The highest BCUT2D eigenvalue weighted by molar-refractivity contribution is 5.18. The molecule has 1 aromatic carbocycles. The van der Waals surface area contributed by atoms with Crippen molar-refractivity contribution >= 4 is 0 Å². The summed E-state index contributed by atoms with van der Waals surface area (Å²) in [5.74, 6) is -0.172. The second-order valence-electron chi connectivity index (χ2n) is 6.33.